The summed E-state index contributed by atoms with van der Waals surface area (Å²) in [6.07, 6.45) is 3.60. The van der Waals surface area contributed by atoms with Crippen LogP contribution in [0.15, 0.2) is 18.2 Å². The molecule has 25 heavy (non-hydrogen) atoms. The van der Waals surface area contributed by atoms with E-state index < -0.39 is 0 Å². The van der Waals surface area contributed by atoms with Crippen molar-refractivity contribution in [3.8, 4) is 17.2 Å². The lowest BCUT2D eigenvalue weighted by molar-refractivity contribution is 0.0740. The topological polar surface area (TPSA) is 43.0 Å². The van der Waals surface area contributed by atoms with Crippen molar-refractivity contribution in [2.45, 2.75) is 32.3 Å². The van der Waals surface area contributed by atoms with Gasteiger partial charge >= 0.3 is 0 Å². The van der Waals surface area contributed by atoms with Gasteiger partial charge in [-0.25, -0.2) is 0 Å². The van der Waals surface area contributed by atoms with Gasteiger partial charge in [-0.05, 0) is 43.4 Å². The maximum absolute atomic E-state index is 6.25. The highest BCUT2D eigenvalue weighted by atomic mass is 35.5. The van der Waals surface area contributed by atoms with Crippen molar-refractivity contribution in [1.82, 2.24) is 10.2 Å². The van der Waals surface area contributed by atoms with Gasteiger partial charge in [-0.1, -0.05) is 13.0 Å². The Bertz CT molecular complexity index is 519. The third kappa shape index (κ3) is 4.93. The summed E-state index contributed by atoms with van der Waals surface area (Å²) < 4.78 is 17.1. The highest BCUT2D eigenvalue weighted by molar-refractivity contribution is 5.85. The van der Waals surface area contributed by atoms with Crippen molar-refractivity contribution in [3.05, 3.63) is 18.2 Å². The van der Waals surface area contributed by atoms with E-state index in [0.717, 1.165) is 56.3 Å². The molecule has 0 radical (unpaired) electrons. The second kappa shape index (κ2) is 8.97. The first kappa shape index (κ1) is 20.1. The fourth-order valence-electron chi connectivity index (χ4n) is 3.83. The molecule has 0 spiro atoms. The van der Waals surface area contributed by atoms with Crippen LogP contribution in [0.4, 0.5) is 0 Å². The van der Waals surface area contributed by atoms with Gasteiger partial charge in [0.05, 0.1) is 14.2 Å². The first-order valence-corrected chi connectivity index (χ1v) is 8.94. The third-order valence-electron chi connectivity index (χ3n) is 5.26. The second-order valence-corrected chi connectivity index (χ2v) is 7.32. The Morgan fingerprint density at radius 2 is 1.80 bits per heavy atom. The number of rotatable bonds is 6. The lowest BCUT2D eigenvalue weighted by Gasteiger charge is -2.37. The van der Waals surface area contributed by atoms with Crippen molar-refractivity contribution < 1.29 is 14.2 Å². The first-order valence-electron chi connectivity index (χ1n) is 8.94. The largest absolute Gasteiger partial charge is 0.493 e. The van der Waals surface area contributed by atoms with E-state index in [1.807, 2.05) is 18.2 Å². The average molecular weight is 371 g/mol. The molecule has 3 rings (SSSR count). The Labute approximate surface area is 157 Å². The molecule has 142 valence electrons. The lowest BCUT2D eigenvalue weighted by Crippen LogP contribution is -2.44. The normalized spacial score (nSPS) is 24.6. The van der Waals surface area contributed by atoms with E-state index in [9.17, 15) is 0 Å². The zero-order chi connectivity index (χ0) is 17.0. The van der Waals surface area contributed by atoms with Crippen molar-refractivity contribution in [2.75, 3.05) is 46.9 Å². The minimum atomic E-state index is 0. The molecule has 5 nitrogen and oxygen atoms in total. The molecule has 1 aromatic carbocycles. The Morgan fingerprint density at radius 3 is 2.32 bits per heavy atom. The van der Waals surface area contributed by atoms with Crippen molar-refractivity contribution in [1.29, 1.82) is 0 Å². The summed E-state index contributed by atoms with van der Waals surface area (Å²) in [7, 11) is 3.33. The third-order valence-corrected chi connectivity index (χ3v) is 5.26. The zero-order valence-corrected chi connectivity index (χ0v) is 16.4. The van der Waals surface area contributed by atoms with Gasteiger partial charge in [0.1, 0.15) is 6.10 Å². The van der Waals surface area contributed by atoms with Gasteiger partial charge in [0.25, 0.3) is 0 Å². The van der Waals surface area contributed by atoms with Gasteiger partial charge in [-0.3, -0.25) is 0 Å². The van der Waals surface area contributed by atoms with Gasteiger partial charge in [0, 0.05) is 26.2 Å². The van der Waals surface area contributed by atoms with Crippen molar-refractivity contribution in [3.63, 3.8) is 0 Å². The van der Waals surface area contributed by atoms with Gasteiger partial charge in [0.15, 0.2) is 11.5 Å². The van der Waals surface area contributed by atoms with Crippen LogP contribution in [0.2, 0.25) is 0 Å². The minimum absolute atomic E-state index is 0. The number of nitrogens with zero attached hydrogens (tertiary/aromatic N) is 1. The van der Waals surface area contributed by atoms with E-state index >= 15 is 0 Å². The van der Waals surface area contributed by atoms with Crippen molar-refractivity contribution in [2.24, 2.45) is 5.41 Å². The fourth-order valence-corrected chi connectivity index (χ4v) is 3.83. The number of hydrogen-bond donors (Lipinski definition) is 1. The molecule has 0 saturated carbocycles. The minimum Gasteiger partial charge on any atom is -0.493 e. The van der Waals surface area contributed by atoms with Crippen LogP contribution < -0.4 is 19.5 Å². The zero-order valence-electron chi connectivity index (χ0n) is 15.5. The van der Waals surface area contributed by atoms with E-state index in [1.165, 1.54) is 13.0 Å². The van der Waals surface area contributed by atoms with Crippen LogP contribution in [0.5, 0.6) is 17.2 Å². The van der Waals surface area contributed by atoms with Gasteiger partial charge in [0.2, 0.25) is 5.75 Å². The molecule has 0 amide bonds. The second-order valence-electron chi connectivity index (χ2n) is 7.32. The number of benzene rings is 1. The van der Waals surface area contributed by atoms with Crippen LogP contribution in [0.25, 0.3) is 0 Å². The van der Waals surface area contributed by atoms with E-state index in [4.69, 9.17) is 14.2 Å². The van der Waals surface area contributed by atoms with E-state index in [0.29, 0.717) is 5.41 Å². The summed E-state index contributed by atoms with van der Waals surface area (Å²) in [6.45, 7) is 8.07. The van der Waals surface area contributed by atoms with Gasteiger partial charge in [-0.2, -0.15) is 0 Å². The number of hydrogen-bond acceptors (Lipinski definition) is 5. The number of methoxy groups -OCH3 is 2. The molecule has 0 aromatic heterocycles. The molecule has 2 aliphatic heterocycles. The molecule has 1 N–H and O–H groups in total. The van der Waals surface area contributed by atoms with Crippen LogP contribution >= 0.6 is 12.4 Å². The standard InChI is InChI=1S/C19H30N2O3.ClH/c1-19(9-10-20-13-19)14-21-11-7-15(8-12-21)24-18-16(22-2)5-4-6-17(18)23-3;/h4-6,15,20H,7-14H2,1-3H3;1H. The molecule has 2 heterocycles. The molecule has 0 bridgehead atoms. The van der Waals surface area contributed by atoms with Crippen LogP contribution in [0.3, 0.4) is 0 Å². The summed E-state index contributed by atoms with van der Waals surface area (Å²) in [4.78, 5) is 2.59. The maximum Gasteiger partial charge on any atom is 0.203 e. The number of nitrogens with one attached hydrogen (secondary N) is 1. The summed E-state index contributed by atoms with van der Waals surface area (Å²) in [5.41, 5.74) is 0.430. The fraction of sp³-hybridized carbons (Fsp3) is 0.684. The average Bonchev–Trinajstić information content (AvgIpc) is 3.03. The molecular formula is C19H31ClN2O3. The number of piperidine rings is 1. The molecule has 2 saturated heterocycles. The summed E-state index contributed by atoms with van der Waals surface area (Å²) >= 11 is 0. The summed E-state index contributed by atoms with van der Waals surface area (Å²) in [5.74, 6) is 2.20. The molecule has 2 aliphatic rings. The predicted molar refractivity (Wildman–Crippen MR) is 102 cm³/mol. The highest BCUT2D eigenvalue weighted by Crippen LogP contribution is 2.38. The Kier molecular flexibility index (Phi) is 7.23. The summed E-state index contributed by atoms with van der Waals surface area (Å²) in [6, 6.07) is 5.76. The van der Waals surface area contributed by atoms with Gasteiger partial charge < -0.3 is 24.4 Å². The van der Waals surface area contributed by atoms with Gasteiger partial charge in [-0.15, -0.1) is 12.4 Å². The summed E-state index contributed by atoms with van der Waals surface area (Å²) in [5, 5.41) is 3.49. The van der Waals surface area contributed by atoms with Crippen molar-refractivity contribution >= 4 is 12.4 Å². The smallest absolute Gasteiger partial charge is 0.203 e. The molecule has 0 aliphatic carbocycles. The highest BCUT2D eigenvalue weighted by Gasteiger charge is 2.32. The predicted octanol–water partition coefficient (Wildman–Crippen LogP) is 2.97. The first-order chi connectivity index (χ1) is 11.6. The number of halogens is 1. The van der Waals surface area contributed by atoms with E-state index in [1.54, 1.807) is 14.2 Å². The number of para-hydroxylation sites is 1. The van der Waals surface area contributed by atoms with E-state index in [-0.39, 0.29) is 18.5 Å². The molecule has 1 atom stereocenters. The molecular weight excluding hydrogens is 340 g/mol. The maximum atomic E-state index is 6.25. The van der Waals surface area contributed by atoms with Crippen LogP contribution in [0.1, 0.15) is 26.2 Å². The number of ether oxygens (including phenoxy) is 3. The lowest BCUT2D eigenvalue weighted by atomic mass is 9.88. The SMILES string of the molecule is COc1cccc(OC)c1OC1CCN(CC2(C)CCNC2)CC1.Cl. The monoisotopic (exact) mass is 370 g/mol. The Hall–Kier alpha value is -1.17. The van der Waals surface area contributed by atoms with Crippen LogP contribution in [0, 0.1) is 5.41 Å². The van der Waals surface area contributed by atoms with Crippen LogP contribution in [-0.2, 0) is 0 Å². The Morgan fingerprint density at radius 1 is 1.16 bits per heavy atom. The molecule has 6 heteroatoms. The molecule has 1 unspecified atom stereocenters. The van der Waals surface area contributed by atoms with Crippen LogP contribution in [-0.4, -0.2) is 57.9 Å². The molecule has 1 aromatic rings. The quantitative estimate of drug-likeness (QED) is 0.833. The number of likely N-dealkylation sites (tertiary alicyclic amines) is 1. The molecule has 2 fully saturated rings. The Balaban J connectivity index is 0.00000225. The van der Waals surface area contributed by atoms with E-state index in [2.05, 4.69) is 17.1 Å².